The zero-order valence-electron chi connectivity index (χ0n) is 27.3. The Labute approximate surface area is 273 Å². The Morgan fingerprint density at radius 3 is 1.94 bits per heavy atom. The van der Waals surface area contributed by atoms with Gasteiger partial charge in [0.15, 0.2) is 0 Å². The van der Waals surface area contributed by atoms with Crippen molar-refractivity contribution in [1.29, 1.82) is 0 Å². The molecule has 0 saturated carbocycles. The first-order chi connectivity index (χ1) is 22.6. The molecule has 0 spiro atoms. The van der Waals surface area contributed by atoms with Crippen LogP contribution in [0.3, 0.4) is 0 Å². The molecule has 0 radical (unpaired) electrons. The van der Waals surface area contributed by atoms with Gasteiger partial charge in [0.05, 0.1) is 43.6 Å². The average Bonchev–Trinajstić information content (AvgIpc) is 3.00. The van der Waals surface area contributed by atoms with Crippen molar-refractivity contribution < 1.29 is 29.9 Å². The maximum Gasteiger partial charge on any atom is 0.201 e. The molecule has 8 rings (SSSR count). The van der Waals surface area contributed by atoms with Crippen LogP contribution in [0.2, 0.25) is 0 Å². The monoisotopic (exact) mass is 646 g/mol. The topological polar surface area (TPSA) is 143 Å². The number of aryl methyl sites for hydroxylation is 2. The molecular formula is C38H34N2O8. The molecule has 0 fully saturated rings. The molecule has 2 aliphatic heterocycles. The highest BCUT2D eigenvalue weighted by atomic mass is 16.5. The Balaban J connectivity index is 1.60. The third kappa shape index (κ3) is 3.85. The number of ether oxygens (including phenoxy) is 2. The van der Waals surface area contributed by atoms with Crippen LogP contribution in [-0.4, -0.2) is 40.8 Å². The molecule has 4 heterocycles. The fraction of sp³-hybridized carbons (Fsp3) is 0.263. The van der Waals surface area contributed by atoms with Gasteiger partial charge < -0.3 is 39.0 Å². The number of pyridine rings is 2. The number of nitrogens with zero attached hydrogens (tertiary/aromatic N) is 2. The maximum atomic E-state index is 14.3. The lowest BCUT2D eigenvalue weighted by Gasteiger charge is -2.41. The average molecular weight is 647 g/mol. The predicted molar refractivity (Wildman–Crippen MR) is 185 cm³/mol. The van der Waals surface area contributed by atoms with Crippen LogP contribution in [0.4, 0.5) is 0 Å². The lowest BCUT2D eigenvalue weighted by molar-refractivity contribution is 0.0762. The molecule has 0 bridgehead atoms. The minimum Gasteiger partial charge on any atom is -0.507 e. The van der Waals surface area contributed by atoms with Gasteiger partial charge in [0.1, 0.15) is 45.7 Å². The second kappa shape index (κ2) is 9.47. The third-order valence-electron chi connectivity index (χ3n) is 9.86. The smallest absolute Gasteiger partial charge is 0.201 e. The summed E-state index contributed by atoms with van der Waals surface area (Å²) in [4.78, 5) is 28.3. The second-order valence-electron chi connectivity index (χ2n) is 14.0. The lowest BCUT2D eigenvalue weighted by Crippen LogP contribution is -2.36. The maximum absolute atomic E-state index is 14.3. The summed E-state index contributed by atoms with van der Waals surface area (Å²) in [5, 5.41) is 46.1. The van der Waals surface area contributed by atoms with Crippen LogP contribution in [0.5, 0.6) is 34.5 Å². The van der Waals surface area contributed by atoms with E-state index >= 15 is 0 Å². The van der Waals surface area contributed by atoms with Crippen molar-refractivity contribution in [3.63, 3.8) is 0 Å². The van der Waals surface area contributed by atoms with Gasteiger partial charge in [-0.25, -0.2) is 0 Å². The Hall–Kier alpha value is -5.64. The summed E-state index contributed by atoms with van der Waals surface area (Å²) in [5.74, 6) is -0.831. The first-order valence-electron chi connectivity index (χ1n) is 15.7. The normalized spacial score (nSPS) is 17.8. The highest BCUT2D eigenvalue weighted by molar-refractivity contribution is 6.05. The number of para-hydroxylation sites is 2. The van der Waals surface area contributed by atoms with Gasteiger partial charge >= 0.3 is 0 Å². The molecule has 1 atom stereocenters. The van der Waals surface area contributed by atoms with Gasteiger partial charge in [-0.15, -0.1) is 0 Å². The molecule has 244 valence electrons. The van der Waals surface area contributed by atoms with Crippen LogP contribution in [0.1, 0.15) is 56.7 Å². The van der Waals surface area contributed by atoms with E-state index in [1.807, 2.05) is 39.8 Å². The molecule has 0 aliphatic carbocycles. The third-order valence-corrected chi connectivity index (χ3v) is 9.86. The summed E-state index contributed by atoms with van der Waals surface area (Å²) in [6, 6.07) is 10.8. The highest BCUT2D eigenvalue weighted by Gasteiger charge is 2.43. The first-order valence-corrected chi connectivity index (χ1v) is 15.7. The Morgan fingerprint density at radius 1 is 0.729 bits per heavy atom. The Kier molecular flexibility index (Phi) is 5.87. The van der Waals surface area contributed by atoms with Gasteiger partial charge in [0.25, 0.3) is 0 Å². The summed E-state index contributed by atoms with van der Waals surface area (Å²) in [6.07, 6.45) is 4.04. The van der Waals surface area contributed by atoms with Crippen molar-refractivity contribution in [2.24, 2.45) is 14.1 Å². The summed E-state index contributed by atoms with van der Waals surface area (Å²) in [6.45, 7) is 7.55. The van der Waals surface area contributed by atoms with E-state index in [1.165, 1.54) is 18.2 Å². The number of hydrogen-bond acceptors (Lipinski definition) is 8. The zero-order valence-corrected chi connectivity index (χ0v) is 27.3. The van der Waals surface area contributed by atoms with E-state index in [9.17, 15) is 30.0 Å². The largest absolute Gasteiger partial charge is 0.507 e. The second-order valence-corrected chi connectivity index (χ2v) is 14.0. The van der Waals surface area contributed by atoms with Crippen LogP contribution in [0.15, 0.2) is 58.1 Å². The highest BCUT2D eigenvalue weighted by Crippen LogP contribution is 2.56. The first kappa shape index (κ1) is 29.7. The standard InChI is InChI=1S/C38H34N2O8/c1-37(2)14-13-19-31-28(34(45)18-10-8-11-21(41)29(18)39(31)5)35(46)26(36(19)48-37)20-16-38(3,4)47-24-15-23(43)27-32(25(20)24)40(6)30-17(33(27)44)9-7-12-22(30)42/h7-15,20,41-43,46H,16H2,1-6H3/t20-/m0/s1. The van der Waals surface area contributed by atoms with Crippen molar-refractivity contribution in [1.82, 2.24) is 9.13 Å². The van der Waals surface area contributed by atoms with Gasteiger partial charge in [-0.1, -0.05) is 12.1 Å². The minimum atomic E-state index is -0.829. The summed E-state index contributed by atoms with van der Waals surface area (Å²) < 4.78 is 16.5. The quantitative estimate of drug-likeness (QED) is 0.150. The molecule has 0 saturated heterocycles. The molecule has 0 unspecified atom stereocenters. The van der Waals surface area contributed by atoms with E-state index in [0.29, 0.717) is 51.2 Å². The van der Waals surface area contributed by atoms with Crippen molar-refractivity contribution >= 4 is 49.7 Å². The number of aromatic hydroxyl groups is 4. The molecule has 4 N–H and O–H groups in total. The number of hydrogen-bond donors (Lipinski definition) is 4. The fourth-order valence-electron chi connectivity index (χ4n) is 7.92. The molecule has 10 nitrogen and oxygen atoms in total. The van der Waals surface area contributed by atoms with Crippen molar-refractivity contribution in [2.45, 2.75) is 51.2 Å². The number of benzene rings is 4. The van der Waals surface area contributed by atoms with E-state index in [0.717, 1.165) is 0 Å². The summed E-state index contributed by atoms with van der Waals surface area (Å²) >= 11 is 0. The van der Waals surface area contributed by atoms with Crippen LogP contribution in [0.25, 0.3) is 49.7 Å². The predicted octanol–water partition coefficient (Wildman–Crippen LogP) is 6.40. The van der Waals surface area contributed by atoms with E-state index in [4.69, 9.17) is 9.47 Å². The number of phenolic OH excluding ortho intramolecular Hbond substituents is 4. The van der Waals surface area contributed by atoms with Crippen LogP contribution >= 0.6 is 0 Å². The Bertz CT molecular complexity index is 2610. The number of rotatable bonds is 1. The molecule has 48 heavy (non-hydrogen) atoms. The van der Waals surface area contributed by atoms with Crippen molar-refractivity contribution in [2.75, 3.05) is 0 Å². The fourth-order valence-corrected chi connectivity index (χ4v) is 7.92. The molecule has 4 aromatic carbocycles. The number of phenols is 4. The lowest BCUT2D eigenvalue weighted by atomic mass is 9.76. The summed E-state index contributed by atoms with van der Waals surface area (Å²) in [7, 11) is 3.43. The van der Waals surface area contributed by atoms with Crippen LogP contribution < -0.4 is 20.3 Å². The Morgan fingerprint density at radius 2 is 1.31 bits per heavy atom. The zero-order chi connectivity index (χ0) is 34.2. The number of fused-ring (bicyclic) bond motifs is 8. The van der Waals surface area contributed by atoms with E-state index in [1.54, 1.807) is 47.5 Å². The van der Waals surface area contributed by atoms with E-state index in [-0.39, 0.29) is 50.1 Å². The van der Waals surface area contributed by atoms with Crippen molar-refractivity contribution in [3.05, 3.63) is 85.7 Å². The molecule has 10 heteroatoms. The van der Waals surface area contributed by atoms with Crippen LogP contribution in [-0.2, 0) is 14.1 Å². The van der Waals surface area contributed by atoms with Gasteiger partial charge in [-0.05, 0) is 70.5 Å². The SMILES string of the molecule is Cn1c2c(O)cccc2c(=O)c2c(O)c([C@H]3CC(C)(C)Oc4cc(O)c5c(=O)c6cccc(O)c6n(C)c5c43)c3c(c21)C=CC(C)(C)O3. The summed E-state index contributed by atoms with van der Waals surface area (Å²) in [5.41, 5.74) is 0.132. The van der Waals surface area contributed by atoms with E-state index < -0.39 is 28.0 Å². The molecule has 6 aromatic rings. The van der Waals surface area contributed by atoms with Gasteiger partial charge in [-0.2, -0.15) is 0 Å². The van der Waals surface area contributed by atoms with Gasteiger partial charge in [0.2, 0.25) is 10.9 Å². The van der Waals surface area contributed by atoms with Crippen LogP contribution in [0, 0.1) is 0 Å². The molecule has 0 amide bonds. The minimum absolute atomic E-state index is 0.0373. The van der Waals surface area contributed by atoms with E-state index in [2.05, 4.69) is 0 Å². The van der Waals surface area contributed by atoms with Crippen molar-refractivity contribution in [3.8, 4) is 34.5 Å². The van der Waals surface area contributed by atoms with Gasteiger partial charge in [-0.3, -0.25) is 9.59 Å². The molecule has 2 aliphatic rings. The number of aromatic nitrogens is 2. The molecular weight excluding hydrogens is 612 g/mol. The van der Waals surface area contributed by atoms with Gasteiger partial charge in [0, 0.05) is 42.8 Å². The molecule has 2 aromatic heterocycles.